The molecule has 1 N–H and O–H groups in total. The molecule has 3 aromatic heterocycles. The van der Waals surface area contributed by atoms with Crippen molar-refractivity contribution in [1.29, 1.82) is 0 Å². The minimum Gasteiger partial charge on any atom is -0.494 e. The maximum atomic E-state index is 5.62. The lowest BCUT2D eigenvalue weighted by atomic mass is 10.2. The van der Waals surface area contributed by atoms with Crippen LogP contribution >= 0.6 is 0 Å². The molecular weight excluding hydrogens is 388 g/mol. The van der Waals surface area contributed by atoms with Gasteiger partial charge in [0.15, 0.2) is 5.82 Å². The van der Waals surface area contributed by atoms with Crippen LogP contribution in [0.2, 0.25) is 0 Å². The van der Waals surface area contributed by atoms with Gasteiger partial charge in [0.2, 0.25) is 0 Å². The van der Waals surface area contributed by atoms with Gasteiger partial charge in [0, 0.05) is 30.7 Å². The first-order valence-corrected chi connectivity index (χ1v) is 10.0. The van der Waals surface area contributed by atoms with Crippen LogP contribution in [-0.2, 0) is 6.54 Å². The molecule has 0 bridgehead atoms. The van der Waals surface area contributed by atoms with Crippen molar-refractivity contribution < 1.29 is 4.74 Å². The molecule has 5 aromatic rings. The van der Waals surface area contributed by atoms with E-state index < -0.39 is 0 Å². The van der Waals surface area contributed by atoms with Crippen LogP contribution in [0.4, 0.5) is 11.5 Å². The van der Waals surface area contributed by atoms with Gasteiger partial charge in [-0.05, 0) is 30.7 Å². The van der Waals surface area contributed by atoms with E-state index in [4.69, 9.17) is 4.74 Å². The third-order valence-corrected chi connectivity index (χ3v) is 5.17. The summed E-state index contributed by atoms with van der Waals surface area (Å²) in [5.74, 6) is 1.45. The Labute approximate surface area is 180 Å². The zero-order valence-electron chi connectivity index (χ0n) is 17.4. The summed E-state index contributed by atoms with van der Waals surface area (Å²) in [4.78, 5) is 13.4. The lowest BCUT2D eigenvalue weighted by Gasteiger charge is -2.12. The first-order valence-electron chi connectivity index (χ1n) is 10.0. The highest BCUT2D eigenvalue weighted by atomic mass is 16.5. The third kappa shape index (κ3) is 3.73. The van der Waals surface area contributed by atoms with Crippen LogP contribution in [0.3, 0.4) is 0 Å². The second-order valence-electron chi connectivity index (χ2n) is 7.32. The van der Waals surface area contributed by atoms with Crippen molar-refractivity contribution in [3.63, 3.8) is 0 Å². The fourth-order valence-corrected chi connectivity index (χ4v) is 3.65. The third-order valence-electron chi connectivity index (χ3n) is 5.17. The number of nitrogens with zero attached hydrogens (tertiary/aromatic N) is 5. The van der Waals surface area contributed by atoms with Crippen molar-refractivity contribution in [2.24, 2.45) is 0 Å². The average molecular weight is 410 g/mol. The zero-order valence-corrected chi connectivity index (χ0v) is 17.4. The Hall–Kier alpha value is -4.13. The van der Waals surface area contributed by atoms with Crippen LogP contribution in [0.15, 0.2) is 79.6 Å². The summed E-state index contributed by atoms with van der Waals surface area (Å²) in [5.41, 5.74) is 5.82. The second kappa shape index (κ2) is 7.95. The molecule has 31 heavy (non-hydrogen) atoms. The Morgan fingerprint density at radius 2 is 1.84 bits per heavy atom. The molecule has 154 valence electrons. The molecule has 7 heteroatoms. The molecule has 0 aliphatic heterocycles. The number of ether oxygens (including phenoxy) is 1. The predicted octanol–water partition coefficient (Wildman–Crippen LogP) is 4.73. The normalized spacial score (nSPS) is 11.0. The molecule has 0 aliphatic carbocycles. The van der Waals surface area contributed by atoms with Crippen molar-refractivity contribution in [2.45, 2.75) is 13.5 Å². The molecule has 0 spiro atoms. The average Bonchev–Trinajstić information content (AvgIpc) is 3.41. The number of anilines is 2. The summed E-state index contributed by atoms with van der Waals surface area (Å²) < 4.78 is 9.69. The summed E-state index contributed by atoms with van der Waals surface area (Å²) in [6.07, 6.45) is 7.40. The highest BCUT2D eigenvalue weighted by Crippen LogP contribution is 2.30. The van der Waals surface area contributed by atoms with Crippen molar-refractivity contribution in [1.82, 2.24) is 24.1 Å². The molecule has 7 nitrogen and oxygen atoms in total. The van der Waals surface area contributed by atoms with E-state index in [-0.39, 0.29) is 0 Å². The first-order chi connectivity index (χ1) is 15.2. The van der Waals surface area contributed by atoms with E-state index >= 15 is 0 Å². The number of imidazole rings is 2. The predicted molar refractivity (Wildman–Crippen MR) is 121 cm³/mol. The van der Waals surface area contributed by atoms with E-state index in [1.807, 2.05) is 66.5 Å². The summed E-state index contributed by atoms with van der Waals surface area (Å²) in [7, 11) is 1.66. The monoisotopic (exact) mass is 410 g/mol. The van der Waals surface area contributed by atoms with E-state index in [2.05, 4.69) is 37.0 Å². The fourth-order valence-electron chi connectivity index (χ4n) is 3.65. The molecule has 0 unspecified atom stereocenters. The second-order valence-corrected chi connectivity index (χ2v) is 7.32. The Balaban J connectivity index is 1.45. The smallest absolute Gasteiger partial charge is 0.158 e. The van der Waals surface area contributed by atoms with Gasteiger partial charge in [-0.25, -0.2) is 15.0 Å². The van der Waals surface area contributed by atoms with E-state index in [0.717, 1.165) is 40.4 Å². The zero-order chi connectivity index (χ0) is 21.2. The minimum absolute atomic E-state index is 0.706. The quantitative estimate of drug-likeness (QED) is 0.438. The van der Waals surface area contributed by atoms with E-state index in [9.17, 15) is 0 Å². The summed E-state index contributed by atoms with van der Waals surface area (Å²) in [6, 6.07) is 18.3. The van der Waals surface area contributed by atoms with Gasteiger partial charge in [-0.2, -0.15) is 0 Å². The maximum Gasteiger partial charge on any atom is 0.158 e. The van der Waals surface area contributed by atoms with Gasteiger partial charge in [-0.15, -0.1) is 0 Å². The SMILES string of the molecule is COc1cc(Nc2nccc3c2ncn3Cc2ccccc2)ccc1-n1cnc(C)c1. The molecule has 0 aliphatic rings. The van der Waals surface area contributed by atoms with E-state index in [0.29, 0.717) is 5.82 Å². The molecule has 5 rings (SSSR count). The number of rotatable bonds is 6. The van der Waals surface area contributed by atoms with Crippen molar-refractivity contribution in [2.75, 3.05) is 12.4 Å². The molecule has 3 heterocycles. The van der Waals surface area contributed by atoms with E-state index in [1.165, 1.54) is 5.56 Å². The Bertz CT molecular complexity index is 1340. The van der Waals surface area contributed by atoms with Gasteiger partial charge in [0.05, 0.1) is 36.7 Å². The lowest BCUT2D eigenvalue weighted by Crippen LogP contribution is -2.00. The highest BCUT2D eigenvalue weighted by Gasteiger charge is 2.12. The number of methoxy groups -OCH3 is 1. The Kier molecular flexibility index (Phi) is 4.84. The van der Waals surface area contributed by atoms with Crippen molar-refractivity contribution in [3.05, 3.63) is 90.9 Å². The van der Waals surface area contributed by atoms with Gasteiger partial charge < -0.3 is 19.2 Å². The van der Waals surface area contributed by atoms with Crippen LogP contribution in [-0.4, -0.2) is 31.2 Å². The van der Waals surface area contributed by atoms with Crippen LogP contribution < -0.4 is 10.1 Å². The van der Waals surface area contributed by atoms with Gasteiger partial charge in [0.1, 0.15) is 11.3 Å². The fraction of sp³-hybridized carbons (Fsp3) is 0.125. The lowest BCUT2D eigenvalue weighted by molar-refractivity contribution is 0.413. The molecule has 0 radical (unpaired) electrons. The molecule has 0 saturated carbocycles. The summed E-state index contributed by atoms with van der Waals surface area (Å²) in [6.45, 7) is 2.72. The number of aromatic nitrogens is 5. The van der Waals surface area contributed by atoms with Gasteiger partial charge in [-0.1, -0.05) is 30.3 Å². The van der Waals surface area contributed by atoms with Gasteiger partial charge in [-0.3, -0.25) is 0 Å². The highest BCUT2D eigenvalue weighted by molar-refractivity contribution is 5.88. The standard InChI is InChI=1S/C24H22N6O/c1-17-13-29(15-26-17)20-9-8-19(12-22(20)31-2)28-24-23-21(10-11-25-24)30(16-27-23)14-18-6-4-3-5-7-18/h3-13,15-16H,14H2,1-2H3,(H,25,28). The van der Waals surface area contributed by atoms with Crippen LogP contribution in [0.1, 0.15) is 11.3 Å². The summed E-state index contributed by atoms with van der Waals surface area (Å²) in [5, 5.41) is 3.39. The molecule has 2 aromatic carbocycles. The van der Waals surface area contributed by atoms with Crippen molar-refractivity contribution >= 4 is 22.5 Å². The molecular formula is C24H22N6O. The number of aryl methyl sites for hydroxylation is 1. The number of hydrogen-bond acceptors (Lipinski definition) is 5. The molecule has 0 amide bonds. The molecule has 0 fully saturated rings. The molecule has 0 atom stereocenters. The maximum absolute atomic E-state index is 5.62. The van der Waals surface area contributed by atoms with Crippen molar-refractivity contribution in [3.8, 4) is 11.4 Å². The Morgan fingerprint density at radius 3 is 2.61 bits per heavy atom. The van der Waals surface area contributed by atoms with Gasteiger partial charge in [0.25, 0.3) is 0 Å². The largest absolute Gasteiger partial charge is 0.494 e. The van der Waals surface area contributed by atoms with E-state index in [1.54, 1.807) is 19.6 Å². The number of fused-ring (bicyclic) bond motifs is 1. The summed E-state index contributed by atoms with van der Waals surface area (Å²) >= 11 is 0. The van der Waals surface area contributed by atoms with Gasteiger partial charge >= 0.3 is 0 Å². The number of benzene rings is 2. The number of hydrogen-bond donors (Lipinski definition) is 1. The first kappa shape index (κ1) is 18.9. The van der Waals surface area contributed by atoms with Crippen LogP contribution in [0.25, 0.3) is 16.7 Å². The topological polar surface area (TPSA) is 69.8 Å². The minimum atomic E-state index is 0.706. The number of pyridine rings is 1. The van der Waals surface area contributed by atoms with Crippen LogP contribution in [0, 0.1) is 6.92 Å². The number of nitrogens with one attached hydrogen (secondary N) is 1. The Morgan fingerprint density at radius 1 is 0.968 bits per heavy atom. The molecule has 0 saturated heterocycles. The van der Waals surface area contributed by atoms with Crippen LogP contribution in [0.5, 0.6) is 5.75 Å².